The maximum absolute atomic E-state index is 12.0. The Morgan fingerprint density at radius 3 is 2.63 bits per heavy atom. The monoisotopic (exact) mass is 312 g/mol. The maximum Gasteiger partial charge on any atom is 0.272 e. The molecule has 0 radical (unpaired) electrons. The number of halogens is 1. The van der Waals surface area contributed by atoms with Crippen molar-refractivity contribution in [1.82, 2.24) is 5.43 Å². The number of nitrogens with zero attached hydrogens (tertiary/aromatic N) is 1. The van der Waals surface area contributed by atoms with Gasteiger partial charge in [-0.25, -0.2) is 5.43 Å². The van der Waals surface area contributed by atoms with E-state index in [4.69, 9.17) is 11.6 Å². The maximum atomic E-state index is 12.0. The molecular weight excluding hydrogens is 300 g/mol. The van der Waals surface area contributed by atoms with Crippen molar-refractivity contribution in [1.29, 1.82) is 0 Å². The van der Waals surface area contributed by atoms with Crippen LogP contribution in [0.5, 0.6) is 0 Å². The van der Waals surface area contributed by atoms with Crippen LogP contribution in [-0.4, -0.2) is 11.6 Å². The Labute approximate surface area is 124 Å². The first-order valence-electron chi connectivity index (χ1n) is 5.64. The van der Waals surface area contributed by atoms with Crippen LogP contribution in [-0.2, 0) is 0 Å². The van der Waals surface area contributed by atoms with Crippen LogP contribution in [0.4, 0.5) is 0 Å². The quantitative estimate of drug-likeness (QED) is 0.668. The van der Waals surface area contributed by atoms with Gasteiger partial charge in [-0.1, -0.05) is 11.6 Å². The van der Waals surface area contributed by atoms with Gasteiger partial charge in [0.25, 0.3) is 5.91 Å². The SMILES string of the molecule is C/C(=N\NC(=O)c1csc(C)c1C)c1ccc(Cl)s1. The third-order valence-electron chi connectivity index (χ3n) is 2.79. The highest BCUT2D eigenvalue weighted by molar-refractivity contribution is 7.18. The zero-order valence-electron chi connectivity index (χ0n) is 10.8. The Hall–Kier alpha value is -1.17. The van der Waals surface area contributed by atoms with Crippen LogP contribution in [0, 0.1) is 13.8 Å². The number of aryl methyl sites for hydroxylation is 1. The Morgan fingerprint density at radius 2 is 2.11 bits per heavy atom. The molecule has 0 aliphatic heterocycles. The van der Waals surface area contributed by atoms with Crippen molar-refractivity contribution in [2.24, 2.45) is 5.10 Å². The molecule has 0 saturated carbocycles. The van der Waals surface area contributed by atoms with E-state index in [1.807, 2.05) is 38.3 Å². The van der Waals surface area contributed by atoms with Crippen LogP contribution >= 0.6 is 34.3 Å². The zero-order valence-corrected chi connectivity index (χ0v) is 13.2. The second-order valence-electron chi connectivity index (χ2n) is 4.07. The summed E-state index contributed by atoms with van der Waals surface area (Å²) in [7, 11) is 0. The van der Waals surface area contributed by atoms with Gasteiger partial charge in [-0.15, -0.1) is 22.7 Å². The number of hydrazone groups is 1. The van der Waals surface area contributed by atoms with E-state index in [2.05, 4.69) is 10.5 Å². The summed E-state index contributed by atoms with van der Waals surface area (Å²) in [5.74, 6) is -0.177. The summed E-state index contributed by atoms with van der Waals surface area (Å²) in [6.45, 7) is 5.78. The summed E-state index contributed by atoms with van der Waals surface area (Å²) in [5.41, 5.74) is 5.02. The Balaban J connectivity index is 2.10. The largest absolute Gasteiger partial charge is 0.272 e. The summed E-state index contributed by atoms with van der Waals surface area (Å²) in [6, 6.07) is 3.70. The molecule has 1 N–H and O–H groups in total. The second kappa shape index (κ2) is 5.86. The van der Waals surface area contributed by atoms with Crippen molar-refractivity contribution in [3.05, 3.63) is 42.7 Å². The van der Waals surface area contributed by atoms with E-state index in [-0.39, 0.29) is 5.91 Å². The fourth-order valence-corrected chi connectivity index (χ4v) is 3.35. The van der Waals surface area contributed by atoms with Gasteiger partial charge in [0.1, 0.15) is 0 Å². The summed E-state index contributed by atoms with van der Waals surface area (Å²) >= 11 is 8.87. The summed E-state index contributed by atoms with van der Waals surface area (Å²) in [6.07, 6.45) is 0. The van der Waals surface area contributed by atoms with Gasteiger partial charge in [-0.05, 0) is 38.5 Å². The lowest BCUT2D eigenvalue weighted by Gasteiger charge is -2.01. The highest BCUT2D eigenvalue weighted by Gasteiger charge is 2.12. The second-order valence-corrected chi connectivity index (χ2v) is 6.87. The number of carbonyl (C=O) groups is 1. The molecule has 0 saturated heterocycles. The van der Waals surface area contributed by atoms with E-state index in [9.17, 15) is 4.79 Å². The first-order chi connectivity index (χ1) is 8.99. The molecule has 0 aliphatic carbocycles. The van der Waals surface area contributed by atoms with E-state index in [1.54, 1.807) is 11.3 Å². The average Bonchev–Trinajstić information content (AvgIpc) is 2.94. The molecule has 6 heteroatoms. The molecule has 1 amide bonds. The highest BCUT2D eigenvalue weighted by Crippen LogP contribution is 2.22. The normalized spacial score (nSPS) is 11.7. The molecule has 100 valence electrons. The Morgan fingerprint density at radius 1 is 1.37 bits per heavy atom. The molecular formula is C13H13ClN2OS2. The van der Waals surface area contributed by atoms with E-state index < -0.39 is 0 Å². The molecule has 3 nitrogen and oxygen atoms in total. The lowest BCUT2D eigenvalue weighted by molar-refractivity contribution is 0.0954. The van der Waals surface area contributed by atoms with Gasteiger partial charge >= 0.3 is 0 Å². The molecule has 19 heavy (non-hydrogen) atoms. The van der Waals surface area contributed by atoms with Crippen molar-refractivity contribution < 1.29 is 4.79 Å². The van der Waals surface area contributed by atoms with Gasteiger partial charge in [0.15, 0.2) is 0 Å². The minimum Gasteiger partial charge on any atom is -0.267 e. The predicted molar refractivity (Wildman–Crippen MR) is 82.8 cm³/mol. The number of rotatable bonds is 3. The average molecular weight is 313 g/mol. The number of hydrogen-bond acceptors (Lipinski definition) is 4. The van der Waals surface area contributed by atoms with E-state index in [0.29, 0.717) is 9.90 Å². The van der Waals surface area contributed by atoms with Gasteiger partial charge in [-0.2, -0.15) is 5.10 Å². The number of nitrogens with one attached hydrogen (secondary N) is 1. The fraction of sp³-hybridized carbons (Fsp3) is 0.231. The van der Waals surface area contributed by atoms with Gasteiger partial charge < -0.3 is 0 Å². The smallest absolute Gasteiger partial charge is 0.267 e. The minimum atomic E-state index is -0.177. The number of thiophene rings is 2. The zero-order chi connectivity index (χ0) is 14.0. The van der Waals surface area contributed by atoms with E-state index >= 15 is 0 Å². The first-order valence-corrected chi connectivity index (χ1v) is 7.71. The topological polar surface area (TPSA) is 41.5 Å². The molecule has 2 aromatic rings. The standard InChI is InChI=1S/C13H13ClN2OS2/c1-7-9(3)18-6-10(7)13(17)16-15-8(2)11-4-5-12(14)19-11/h4-6H,1-3H3,(H,16,17)/b15-8+. The van der Waals surface area contributed by atoms with Gasteiger partial charge in [-0.3, -0.25) is 4.79 Å². The summed E-state index contributed by atoms with van der Waals surface area (Å²) < 4.78 is 0.709. The van der Waals surface area contributed by atoms with Crippen LogP contribution in [0.1, 0.15) is 32.6 Å². The molecule has 2 aromatic heterocycles. The first kappa shape index (κ1) is 14.2. The van der Waals surface area contributed by atoms with Crippen LogP contribution in [0.25, 0.3) is 0 Å². The summed E-state index contributed by atoms with van der Waals surface area (Å²) in [4.78, 5) is 14.1. The molecule has 0 atom stereocenters. The van der Waals surface area contributed by atoms with Crippen molar-refractivity contribution in [3.8, 4) is 0 Å². The molecule has 0 aliphatic rings. The Bertz CT molecular complexity index is 643. The van der Waals surface area contributed by atoms with E-state index in [1.165, 1.54) is 11.3 Å². The van der Waals surface area contributed by atoms with Crippen molar-refractivity contribution >= 4 is 45.9 Å². The summed E-state index contributed by atoms with van der Waals surface area (Å²) in [5, 5.41) is 5.96. The predicted octanol–water partition coefficient (Wildman–Crippen LogP) is 4.23. The van der Waals surface area contributed by atoms with E-state index in [0.717, 1.165) is 21.0 Å². The minimum absolute atomic E-state index is 0.177. The third-order valence-corrected chi connectivity index (χ3v) is 5.14. The Kier molecular flexibility index (Phi) is 4.39. The fourth-order valence-electron chi connectivity index (χ4n) is 1.50. The number of amides is 1. The van der Waals surface area contributed by atoms with Crippen molar-refractivity contribution in [2.75, 3.05) is 0 Å². The molecule has 2 heterocycles. The molecule has 0 aromatic carbocycles. The molecule has 0 spiro atoms. The number of hydrogen-bond donors (Lipinski definition) is 1. The van der Waals surface area contributed by atoms with Gasteiger partial charge in [0, 0.05) is 10.3 Å². The number of carbonyl (C=O) groups excluding carboxylic acids is 1. The van der Waals surface area contributed by atoms with Crippen molar-refractivity contribution in [2.45, 2.75) is 20.8 Å². The lowest BCUT2D eigenvalue weighted by Crippen LogP contribution is -2.19. The van der Waals surface area contributed by atoms with Gasteiger partial charge in [0.05, 0.1) is 20.5 Å². The third kappa shape index (κ3) is 3.23. The van der Waals surface area contributed by atoms with Gasteiger partial charge in [0.2, 0.25) is 0 Å². The van der Waals surface area contributed by atoms with Crippen molar-refractivity contribution in [3.63, 3.8) is 0 Å². The van der Waals surface area contributed by atoms with Crippen LogP contribution in [0.15, 0.2) is 22.6 Å². The van der Waals surface area contributed by atoms with Crippen LogP contribution in [0.2, 0.25) is 4.34 Å². The lowest BCUT2D eigenvalue weighted by atomic mass is 10.2. The molecule has 2 rings (SSSR count). The highest BCUT2D eigenvalue weighted by atomic mass is 35.5. The molecule has 0 unspecified atom stereocenters. The molecule has 0 bridgehead atoms. The molecule has 0 fully saturated rings. The van der Waals surface area contributed by atoms with Crippen LogP contribution < -0.4 is 5.43 Å². The van der Waals surface area contributed by atoms with Crippen LogP contribution in [0.3, 0.4) is 0 Å².